The van der Waals surface area contributed by atoms with E-state index in [4.69, 9.17) is 11.6 Å². The highest BCUT2D eigenvalue weighted by Gasteiger charge is 2.17. The lowest BCUT2D eigenvalue weighted by Gasteiger charge is -2.01. The molecule has 0 fully saturated rings. The zero-order valence-electron chi connectivity index (χ0n) is 12.1. The molecule has 3 nitrogen and oxygen atoms in total. The van der Waals surface area contributed by atoms with Gasteiger partial charge in [0.2, 0.25) is 5.78 Å². The summed E-state index contributed by atoms with van der Waals surface area (Å²) < 4.78 is 27.0. The minimum absolute atomic E-state index is 0.164. The molecule has 0 radical (unpaired) electrons. The Labute approximate surface area is 140 Å². The Morgan fingerprint density at radius 2 is 2.00 bits per heavy atom. The molecule has 24 heavy (non-hydrogen) atoms. The largest absolute Gasteiger partial charge is 0.360 e. The third kappa shape index (κ3) is 2.92. The summed E-state index contributed by atoms with van der Waals surface area (Å²) in [5.74, 6) is -1.97. The summed E-state index contributed by atoms with van der Waals surface area (Å²) >= 11 is 5.89. The third-order valence-corrected chi connectivity index (χ3v) is 3.75. The van der Waals surface area contributed by atoms with Crippen molar-refractivity contribution in [1.29, 1.82) is 5.26 Å². The van der Waals surface area contributed by atoms with Crippen molar-refractivity contribution in [3.8, 4) is 6.07 Å². The molecule has 0 spiro atoms. The molecule has 0 amide bonds. The van der Waals surface area contributed by atoms with Gasteiger partial charge in [-0.2, -0.15) is 5.26 Å². The van der Waals surface area contributed by atoms with Crippen LogP contribution in [0.1, 0.15) is 15.9 Å². The minimum Gasteiger partial charge on any atom is -0.360 e. The van der Waals surface area contributed by atoms with Crippen LogP contribution in [0.25, 0.3) is 17.0 Å². The van der Waals surface area contributed by atoms with Gasteiger partial charge in [0.15, 0.2) is 0 Å². The Kier molecular flexibility index (Phi) is 4.15. The molecular weight excluding hydrogens is 334 g/mol. The number of ketones is 1. The summed E-state index contributed by atoms with van der Waals surface area (Å²) in [6.45, 7) is 0. The number of hydrogen-bond donors (Lipinski definition) is 1. The highest BCUT2D eigenvalue weighted by atomic mass is 35.5. The van der Waals surface area contributed by atoms with Crippen molar-refractivity contribution >= 4 is 34.4 Å². The fourth-order valence-electron chi connectivity index (χ4n) is 2.36. The Hall–Kier alpha value is -2.97. The molecule has 0 aliphatic carbocycles. The van der Waals surface area contributed by atoms with Crippen molar-refractivity contribution in [1.82, 2.24) is 4.98 Å². The lowest BCUT2D eigenvalue weighted by atomic mass is 10.0. The van der Waals surface area contributed by atoms with E-state index in [0.29, 0.717) is 15.9 Å². The number of nitriles is 1. The van der Waals surface area contributed by atoms with Gasteiger partial charge in [0.1, 0.15) is 23.3 Å². The maximum atomic E-state index is 13.7. The molecule has 0 bridgehead atoms. The molecule has 0 aliphatic heterocycles. The molecule has 0 unspecified atom stereocenters. The maximum absolute atomic E-state index is 13.7. The van der Waals surface area contributed by atoms with E-state index < -0.39 is 17.4 Å². The van der Waals surface area contributed by atoms with Crippen molar-refractivity contribution < 1.29 is 13.6 Å². The van der Waals surface area contributed by atoms with Crippen LogP contribution in [0.3, 0.4) is 0 Å². The smallest absolute Gasteiger partial charge is 0.205 e. The Morgan fingerprint density at radius 3 is 2.75 bits per heavy atom. The average Bonchev–Trinajstić information content (AvgIpc) is 2.97. The van der Waals surface area contributed by atoms with E-state index >= 15 is 0 Å². The van der Waals surface area contributed by atoms with Crippen LogP contribution in [0.5, 0.6) is 0 Å². The van der Waals surface area contributed by atoms with Crippen LogP contribution in [0, 0.1) is 23.0 Å². The van der Waals surface area contributed by atoms with Crippen LogP contribution in [-0.2, 0) is 0 Å². The molecule has 2 aromatic carbocycles. The highest BCUT2D eigenvalue weighted by Crippen LogP contribution is 2.25. The number of nitrogens with zero attached hydrogens (tertiary/aromatic N) is 1. The predicted octanol–water partition coefficient (Wildman–Crippen LogP) is 4.89. The average molecular weight is 343 g/mol. The van der Waals surface area contributed by atoms with Gasteiger partial charge in [-0.1, -0.05) is 17.7 Å². The lowest BCUT2D eigenvalue weighted by Crippen LogP contribution is -2.01. The first-order valence-corrected chi connectivity index (χ1v) is 7.25. The topological polar surface area (TPSA) is 56.6 Å². The summed E-state index contributed by atoms with van der Waals surface area (Å²) in [5, 5.41) is 10.3. The van der Waals surface area contributed by atoms with Crippen LogP contribution in [-0.4, -0.2) is 10.8 Å². The molecule has 0 saturated heterocycles. The van der Waals surface area contributed by atoms with Crippen molar-refractivity contribution in [3.05, 3.63) is 76.0 Å². The summed E-state index contributed by atoms with van der Waals surface area (Å²) in [7, 11) is 0. The molecule has 3 rings (SSSR count). The van der Waals surface area contributed by atoms with Gasteiger partial charge >= 0.3 is 0 Å². The van der Waals surface area contributed by atoms with Gasteiger partial charge in [-0.3, -0.25) is 4.79 Å². The first-order chi connectivity index (χ1) is 11.5. The number of aromatic amines is 1. The van der Waals surface area contributed by atoms with Gasteiger partial charge in [0.05, 0.1) is 0 Å². The number of halogens is 3. The molecule has 0 atom stereocenters. The summed E-state index contributed by atoms with van der Waals surface area (Å²) in [6.07, 6.45) is 2.49. The normalized spacial score (nSPS) is 11.5. The maximum Gasteiger partial charge on any atom is 0.205 e. The van der Waals surface area contributed by atoms with Crippen molar-refractivity contribution in [2.24, 2.45) is 0 Å². The first-order valence-electron chi connectivity index (χ1n) is 6.88. The summed E-state index contributed by atoms with van der Waals surface area (Å²) in [4.78, 5) is 15.5. The van der Waals surface area contributed by atoms with Gasteiger partial charge < -0.3 is 4.98 Å². The van der Waals surface area contributed by atoms with E-state index in [1.807, 2.05) is 0 Å². The fourth-order valence-corrected chi connectivity index (χ4v) is 2.53. The number of aromatic nitrogens is 1. The van der Waals surface area contributed by atoms with Gasteiger partial charge in [-0.25, -0.2) is 8.78 Å². The predicted molar refractivity (Wildman–Crippen MR) is 87.6 cm³/mol. The third-order valence-electron chi connectivity index (χ3n) is 3.51. The molecule has 6 heteroatoms. The number of benzene rings is 2. The molecule has 0 aliphatic rings. The van der Waals surface area contributed by atoms with Crippen LogP contribution in [0.2, 0.25) is 5.02 Å². The Balaban J connectivity index is 2.07. The molecule has 1 aromatic heterocycles. The van der Waals surface area contributed by atoms with Crippen LogP contribution in [0.15, 0.2) is 48.2 Å². The Bertz CT molecular complexity index is 1030. The number of carbonyl (C=O) groups is 1. The minimum atomic E-state index is -0.720. The number of H-pyrrole nitrogens is 1. The SMILES string of the molecule is N#C/C(=C\c1cc(F)ccc1F)C(=O)c1c[nH]c2cc(Cl)ccc12. The monoisotopic (exact) mass is 342 g/mol. The van der Waals surface area contributed by atoms with E-state index in [1.165, 1.54) is 6.20 Å². The number of Topliss-reactive ketones (excluding diaryl/α,β-unsaturated/α-hetero) is 1. The van der Waals surface area contributed by atoms with Gasteiger partial charge in [0, 0.05) is 33.2 Å². The molecular formula is C18H9ClF2N2O. The number of fused-ring (bicyclic) bond motifs is 1. The zero-order chi connectivity index (χ0) is 17.3. The van der Waals surface area contributed by atoms with Crippen LogP contribution >= 0.6 is 11.6 Å². The van der Waals surface area contributed by atoms with Crippen LogP contribution in [0.4, 0.5) is 8.78 Å². The first kappa shape index (κ1) is 15.9. The second kappa shape index (κ2) is 6.26. The standard InChI is InChI=1S/C18H9ClF2N2O/c19-12-1-3-14-15(9-23-17(14)7-12)18(24)11(8-22)5-10-6-13(20)2-4-16(10)21/h1-7,9,23H/b11-5+. The number of carbonyl (C=O) groups excluding carboxylic acids is 1. The second-order valence-corrected chi connectivity index (χ2v) is 5.49. The molecule has 118 valence electrons. The van der Waals surface area contributed by atoms with Gasteiger partial charge in [0.25, 0.3) is 0 Å². The lowest BCUT2D eigenvalue weighted by molar-refractivity contribution is 0.104. The molecule has 3 aromatic rings. The summed E-state index contributed by atoms with van der Waals surface area (Å²) in [6, 6.07) is 9.49. The summed E-state index contributed by atoms with van der Waals surface area (Å²) in [5.41, 5.74) is 0.435. The van der Waals surface area contributed by atoms with E-state index in [-0.39, 0.29) is 16.7 Å². The number of nitrogens with one attached hydrogen (secondary N) is 1. The molecule has 0 saturated carbocycles. The number of allylic oxidation sites excluding steroid dienone is 1. The zero-order valence-corrected chi connectivity index (χ0v) is 12.9. The van der Waals surface area contributed by atoms with Crippen molar-refractivity contribution in [3.63, 3.8) is 0 Å². The molecule has 1 heterocycles. The van der Waals surface area contributed by atoms with Gasteiger partial charge in [-0.05, 0) is 36.4 Å². The van der Waals surface area contributed by atoms with Crippen LogP contribution < -0.4 is 0 Å². The van der Waals surface area contributed by atoms with Crippen molar-refractivity contribution in [2.45, 2.75) is 0 Å². The number of rotatable bonds is 3. The highest BCUT2D eigenvalue weighted by molar-refractivity contribution is 6.31. The Morgan fingerprint density at radius 1 is 1.21 bits per heavy atom. The fraction of sp³-hybridized carbons (Fsp3) is 0. The van der Waals surface area contributed by atoms with Gasteiger partial charge in [-0.15, -0.1) is 0 Å². The van der Waals surface area contributed by atoms with Crippen molar-refractivity contribution in [2.75, 3.05) is 0 Å². The quantitative estimate of drug-likeness (QED) is 0.418. The second-order valence-electron chi connectivity index (χ2n) is 5.06. The van der Waals surface area contributed by atoms with E-state index in [2.05, 4.69) is 4.98 Å². The van der Waals surface area contributed by atoms with E-state index in [9.17, 15) is 18.8 Å². The van der Waals surface area contributed by atoms with E-state index in [0.717, 1.165) is 24.3 Å². The van der Waals surface area contributed by atoms with E-state index in [1.54, 1.807) is 24.3 Å². The molecule has 1 N–H and O–H groups in total. The number of hydrogen-bond acceptors (Lipinski definition) is 2.